The highest BCUT2D eigenvalue weighted by molar-refractivity contribution is 7.99. The minimum absolute atomic E-state index is 0.149. The van der Waals surface area contributed by atoms with E-state index in [2.05, 4.69) is 9.97 Å². The second-order valence-electron chi connectivity index (χ2n) is 4.39. The number of nitrogens with one attached hydrogen (secondary N) is 1. The first-order valence-electron chi connectivity index (χ1n) is 6.16. The number of nitrogens with zero attached hydrogens (tertiary/aromatic N) is 1. The molecule has 0 saturated carbocycles. The van der Waals surface area contributed by atoms with Crippen molar-refractivity contribution in [3.63, 3.8) is 0 Å². The van der Waals surface area contributed by atoms with Gasteiger partial charge in [-0.05, 0) is 17.7 Å². The fourth-order valence-electron chi connectivity index (χ4n) is 1.97. The third kappa shape index (κ3) is 3.01. The van der Waals surface area contributed by atoms with Crippen molar-refractivity contribution < 1.29 is 9.90 Å². The Balaban J connectivity index is 2.06. The van der Waals surface area contributed by atoms with Gasteiger partial charge in [0.1, 0.15) is 4.83 Å². The zero-order valence-corrected chi connectivity index (χ0v) is 13.4. The van der Waals surface area contributed by atoms with E-state index in [0.717, 1.165) is 22.9 Å². The van der Waals surface area contributed by atoms with Crippen molar-refractivity contribution in [3.05, 3.63) is 45.0 Å². The lowest BCUT2D eigenvalue weighted by Crippen LogP contribution is -2.09. The number of thioether (sulfide) groups is 1. The number of carbonyl (C=O) groups is 1. The van der Waals surface area contributed by atoms with Crippen LogP contribution in [0.4, 0.5) is 0 Å². The molecule has 0 radical (unpaired) electrons. The van der Waals surface area contributed by atoms with Gasteiger partial charge in [-0.15, -0.1) is 11.3 Å². The quantitative estimate of drug-likeness (QED) is 0.554. The monoisotopic (exact) mass is 352 g/mol. The zero-order valence-electron chi connectivity index (χ0n) is 11.0. The van der Waals surface area contributed by atoms with Gasteiger partial charge in [0.2, 0.25) is 0 Å². The maximum atomic E-state index is 12.3. The third-order valence-corrected chi connectivity index (χ3v) is 4.89. The Kier molecular flexibility index (Phi) is 4.19. The lowest BCUT2D eigenvalue weighted by atomic mass is 10.1. The van der Waals surface area contributed by atoms with Crippen molar-refractivity contribution in [2.75, 3.05) is 5.75 Å². The van der Waals surface area contributed by atoms with E-state index >= 15 is 0 Å². The first-order chi connectivity index (χ1) is 10.5. The average molecular weight is 353 g/mol. The van der Waals surface area contributed by atoms with Gasteiger partial charge in [-0.25, -0.2) is 4.98 Å². The Hall–Kier alpha value is -1.83. The van der Waals surface area contributed by atoms with Gasteiger partial charge in [-0.2, -0.15) is 0 Å². The summed E-state index contributed by atoms with van der Waals surface area (Å²) in [6.07, 6.45) is 0. The van der Waals surface area contributed by atoms with Crippen molar-refractivity contribution in [2.45, 2.75) is 5.16 Å². The highest BCUT2D eigenvalue weighted by Gasteiger charge is 2.13. The summed E-state index contributed by atoms with van der Waals surface area (Å²) in [6, 6.07) is 7.21. The topological polar surface area (TPSA) is 83.0 Å². The number of carboxylic acids is 1. The fourth-order valence-corrected chi connectivity index (χ4v) is 3.68. The van der Waals surface area contributed by atoms with Gasteiger partial charge in [0.05, 0.1) is 11.1 Å². The van der Waals surface area contributed by atoms with Crippen LogP contribution in [0.25, 0.3) is 21.3 Å². The van der Waals surface area contributed by atoms with Crippen LogP contribution in [0.1, 0.15) is 0 Å². The Labute approximate surface area is 138 Å². The number of benzene rings is 1. The Morgan fingerprint density at radius 3 is 2.77 bits per heavy atom. The number of aromatic amines is 1. The summed E-state index contributed by atoms with van der Waals surface area (Å²) in [6.45, 7) is 0. The molecule has 0 spiro atoms. The maximum absolute atomic E-state index is 12.3. The molecule has 0 atom stereocenters. The smallest absolute Gasteiger partial charge is 0.313 e. The highest BCUT2D eigenvalue weighted by Crippen LogP contribution is 2.32. The molecule has 0 aliphatic carbocycles. The van der Waals surface area contributed by atoms with Crippen molar-refractivity contribution in [1.29, 1.82) is 0 Å². The summed E-state index contributed by atoms with van der Waals surface area (Å²) in [5, 5.41) is 12.0. The zero-order chi connectivity index (χ0) is 15.7. The van der Waals surface area contributed by atoms with Crippen LogP contribution in [0.3, 0.4) is 0 Å². The minimum Gasteiger partial charge on any atom is -0.481 e. The molecule has 1 aromatic carbocycles. The number of fused-ring (bicyclic) bond motifs is 1. The van der Waals surface area contributed by atoms with E-state index in [1.165, 1.54) is 11.3 Å². The fraction of sp³-hybridized carbons (Fsp3) is 0.0714. The van der Waals surface area contributed by atoms with E-state index in [1.807, 2.05) is 17.5 Å². The van der Waals surface area contributed by atoms with Gasteiger partial charge in [-0.3, -0.25) is 9.59 Å². The second kappa shape index (κ2) is 6.12. The molecule has 8 heteroatoms. The Morgan fingerprint density at radius 2 is 2.09 bits per heavy atom. The molecule has 0 unspecified atom stereocenters. The summed E-state index contributed by atoms with van der Waals surface area (Å²) in [5.74, 6) is -1.11. The van der Waals surface area contributed by atoms with Crippen molar-refractivity contribution in [3.8, 4) is 11.1 Å². The summed E-state index contributed by atoms with van der Waals surface area (Å²) in [7, 11) is 0. The summed E-state index contributed by atoms with van der Waals surface area (Å²) in [5.41, 5.74) is 1.40. The number of aliphatic carboxylic acids is 1. The molecule has 0 aliphatic rings. The molecular weight excluding hydrogens is 344 g/mol. The lowest BCUT2D eigenvalue weighted by Gasteiger charge is -2.01. The number of halogens is 1. The molecule has 0 saturated heterocycles. The van der Waals surface area contributed by atoms with E-state index in [1.54, 1.807) is 12.1 Å². The highest BCUT2D eigenvalue weighted by atomic mass is 35.5. The normalized spacial score (nSPS) is 11.0. The number of hydrogen-bond donors (Lipinski definition) is 2. The Bertz CT molecular complexity index is 903. The van der Waals surface area contributed by atoms with E-state index < -0.39 is 5.97 Å². The van der Waals surface area contributed by atoms with Crippen LogP contribution in [-0.2, 0) is 4.79 Å². The third-order valence-electron chi connectivity index (χ3n) is 2.91. The van der Waals surface area contributed by atoms with Gasteiger partial charge < -0.3 is 10.1 Å². The average Bonchev–Trinajstić information content (AvgIpc) is 2.90. The van der Waals surface area contributed by atoms with E-state index in [4.69, 9.17) is 16.7 Å². The number of carboxylic acid groups (broad SMARTS) is 1. The molecule has 3 aromatic rings. The standard InChI is InChI=1S/C14H9ClN2O3S2/c15-8-3-1-7(2-4-8)9-5-21-13-11(9)12(20)16-14(17-13)22-6-10(18)19/h1-5H,6H2,(H,18,19)(H,16,17,20). The van der Waals surface area contributed by atoms with Crippen LogP contribution < -0.4 is 5.56 Å². The molecule has 0 fully saturated rings. The van der Waals surface area contributed by atoms with E-state index in [-0.39, 0.29) is 11.3 Å². The molecule has 112 valence electrons. The predicted molar refractivity (Wildman–Crippen MR) is 89.0 cm³/mol. The van der Waals surface area contributed by atoms with E-state index in [9.17, 15) is 9.59 Å². The van der Waals surface area contributed by atoms with Gasteiger partial charge >= 0.3 is 5.97 Å². The molecule has 0 aliphatic heterocycles. The molecule has 5 nitrogen and oxygen atoms in total. The van der Waals surface area contributed by atoms with Crippen LogP contribution in [0.2, 0.25) is 5.02 Å². The van der Waals surface area contributed by atoms with Crippen LogP contribution in [0.5, 0.6) is 0 Å². The van der Waals surface area contributed by atoms with Crippen LogP contribution in [0, 0.1) is 0 Å². The Morgan fingerprint density at radius 1 is 1.36 bits per heavy atom. The molecular formula is C14H9ClN2O3S2. The summed E-state index contributed by atoms with van der Waals surface area (Å²) in [4.78, 5) is 30.4. The SMILES string of the molecule is O=C(O)CSc1nc2scc(-c3ccc(Cl)cc3)c2c(=O)[nH]1. The second-order valence-corrected chi connectivity index (χ2v) is 6.65. The van der Waals surface area contributed by atoms with Crippen LogP contribution in [0.15, 0.2) is 39.6 Å². The molecule has 22 heavy (non-hydrogen) atoms. The molecule has 2 heterocycles. The van der Waals surface area contributed by atoms with Crippen molar-refractivity contribution >= 4 is 50.9 Å². The van der Waals surface area contributed by atoms with Crippen molar-refractivity contribution in [2.24, 2.45) is 0 Å². The number of aromatic nitrogens is 2. The van der Waals surface area contributed by atoms with Gasteiger partial charge in [0.15, 0.2) is 5.16 Å². The number of thiophene rings is 1. The van der Waals surface area contributed by atoms with Crippen molar-refractivity contribution in [1.82, 2.24) is 9.97 Å². The first kappa shape index (κ1) is 15.1. The molecule has 2 aromatic heterocycles. The first-order valence-corrected chi connectivity index (χ1v) is 8.41. The predicted octanol–water partition coefficient (Wildman–Crippen LogP) is 3.48. The summed E-state index contributed by atoms with van der Waals surface area (Å²) < 4.78 is 0. The number of H-pyrrole nitrogens is 1. The van der Waals surface area contributed by atoms with Gasteiger partial charge in [0.25, 0.3) is 5.56 Å². The maximum Gasteiger partial charge on any atom is 0.313 e. The molecule has 3 rings (SSSR count). The largest absolute Gasteiger partial charge is 0.481 e. The number of rotatable bonds is 4. The number of hydrogen-bond acceptors (Lipinski definition) is 5. The van der Waals surface area contributed by atoms with E-state index in [0.29, 0.717) is 20.4 Å². The molecule has 2 N–H and O–H groups in total. The van der Waals surface area contributed by atoms with Gasteiger partial charge in [-0.1, -0.05) is 35.5 Å². The van der Waals surface area contributed by atoms with Crippen LogP contribution in [-0.4, -0.2) is 26.8 Å². The molecule has 0 bridgehead atoms. The molecule has 0 amide bonds. The summed E-state index contributed by atoms with van der Waals surface area (Å²) >= 11 is 8.21. The van der Waals surface area contributed by atoms with Crippen LogP contribution >= 0.6 is 34.7 Å². The minimum atomic E-state index is -0.958. The lowest BCUT2D eigenvalue weighted by molar-refractivity contribution is -0.133. The van der Waals surface area contributed by atoms with Gasteiger partial charge in [0, 0.05) is 16.0 Å².